The van der Waals surface area contributed by atoms with Gasteiger partial charge in [0.2, 0.25) is 5.91 Å². The molecule has 2 amide bonds. The Balaban J connectivity index is 2.22. The van der Waals surface area contributed by atoms with E-state index >= 15 is 0 Å². The molecule has 0 saturated carbocycles. The van der Waals surface area contributed by atoms with Crippen LogP contribution in [0.5, 0.6) is 0 Å². The van der Waals surface area contributed by atoms with E-state index in [1.54, 1.807) is 56.6 Å². The predicted octanol–water partition coefficient (Wildman–Crippen LogP) is 4.25. The van der Waals surface area contributed by atoms with Crippen molar-refractivity contribution >= 4 is 46.4 Å². The van der Waals surface area contributed by atoms with Crippen LogP contribution in [-0.2, 0) is 4.79 Å². The van der Waals surface area contributed by atoms with E-state index in [9.17, 15) is 9.59 Å². The number of nitrogens with zero attached hydrogens (tertiary/aromatic N) is 2. The van der Waals surface area contributed by atoms with Gasteiger partial charge in [0.15, 0.2) is 0 Å². The average Bonchev–Trinajstić information content (AvgIpc) is 2.55. The lowest BCUT2D eigenvalue weighted by Crippen LogP contribution is -2.26. The molecule has 0 fully saturated rings. The lowest BCUT2D eigenvalue weighted by molar-refractivity contribution is -0.116. The third-order valence-corrected chi connectivity index (χ3v) is 4.31. The highest BCUT2D eigenvalue weighted by Gasteiger charge is 2.15. The van der Waals surface area contributed by atoms with Crippen LogP contribution in [0.3, 0.4) is 0 Å². The number of carbonyl (C=O) groups is 2. The molecule has 0 N–H and O–H groups in total. The molecule has 0 unspecified atom stereocenters. The fourth-order valence-electron chi connectivity index (χ4n) is 2.02. The van der Waals surface area contributed by atoms with Crippen LogP contribution < -0.4 is 9.80 Å². The highest BCUT2D eigenvalue weighted by molar-refractivity contribution is 6.42. The van der Waals surface area contributed by atoms with Gasteiger partial charge in [-0.3, -0.25) is 9.59 Å². The molecule has 4 nitrogen and oxygen atoms in total. The Morgan fingerprint density at radius 3 is 1.83 bits per heavy atom. The molecule has 0 saturated heterocycles. The number of carbonyl (C=O) groups excluding carboxylic acids is 2. The van der Waals surface area contributed by atoms with E-state index in [0.717, 1.165) is 5.69 Å². The quantitative estimate of drug-likeness (QED) is 0.829. The Labute approximate surface area is 145 Å². The monoisotopic (exact) mass is 350 g/mol. The maximum atomic E-state index is 12.5. The van der Waals surface area contributed by atoms with Gasteiger partial charge < -0.3 is 9.80 Å². The van der Waals surface area contributed by atoms with Crippen molar-refractivity contribution in [1.82, 2.24) is 0 Å². The van der Waals surface area contributed by atoms with Gasteiger partial charge in [-0.1, -0.05) is 23.2 Å². The summed E-state index contributed by atoms with van der Waals surface area (Å²) in [7, 11) is 3.37. The first kappa shape index (κ1) is 17.3. The zero-order valence-corrected chi connectivity index (χ0v) is 14.5. The summed E-state index contributed by atoms with van der Waals surface area (Å²) in [6.45, 7) is 1.49. The van der Waals surface area contributed by atoms with Crippen molar-refractivity contribution in [2.45, 2.75) is 6.92 Å². The molecule has 2 aromatic carbocycles. The van der Waals surface area contributed by atoms with E-state index < -0.39 is 0 Å². The van der Waals surface area contributed by atoms with Crippen molar-refractivity contribution in [3.63, 3.8) is 0 Å². The van der Waals surface area contributed by atoms with Crippen molar-refractivity contribution in [2.24, 2.45) is 0 Å². The molecule has 0 spiro atoms. The molecular formula is C17H16Cl2N2O2. The van der Waals surface area contributed by atoms with Crippen molar-refractivity contribution in [2.75, 3.05) is 23.9 Å². The molecule has 0 bridgehead atoms. The molecule has 0 radical (unpaired) electrons. The molecule has 6 heteroatoms. The zero-order valence-electron chi connectivity index (χ0n) is 13.0. The van der Waals surface area contributed by atoms with Crippen LogP contribution in [0.1, 0.15) is 17.3 Å². The number of benzene rings is 2. The maximum absolute atomic E-state index is 12.5. The summed E-state index contributed by atoms with van der Waals surface area (Å²) in [5.41, 5.74) is 1.92. The maximum Gasteiger partial charge on any atom is 0.258 e. The first-order valence-electron chi connectivity index (χ1n) is 6.88. The van der Waals surface area contributed by atoms with Gasteiger partial charge in [0, 0.05) is 38.0 Å². The second-order valence-electron chi connectivity index (χ2n) is 5.09. The van der Waals surface area contributed by atoms with E-state index in [0.29, 0.717) is 21.3 Å². The Kier molecular flexibility index (Phi) is 5.29. The van der Waals surface area contributed by atoms with E-state index in [4.69, 9.17) is 23.2 Å². The van der Waals surface area contributed by atoms with Gasteiger partial charge in [-0.2, -0.15) is 0 Å². The smallest absolute Gasteiger partial charge is 0.258 e. The van der Waals surface area contributed by atoms with Crippen LogP contribution in [0.15, 0.2) is 42.5 Å². The molecule has 0 aliphatic rings. The SMILES string of the molecule is CC(=O)N(C)c1ccc(N(C)C(=O)c2ccc(Cl)c(Cl)c2)cc1. The van der Waals surface area contributed by atoms with Crippen molar-refractivity contribution in [3.8, 4) is 0 Å². The molecule has 0 aromatic heterocycles. The standard InChI is InChI=1S/C17H16Cl2N2O2/c1-11(22)20(2)13-5-7-14(8-6-13)21(3)17(23)12-4-9-15(18)16(19)10-12/h4-10H,1-3H3. The predicted molar refractivity (Wildman–Crippen MR) is 94.7 cm³/mol. The van der Waals surface area contributed by atoms with E-state index in [1.165, 1.54) is 16.7 Å². The average molecular weight is 351 g/mol. The van der Waals surface area contributed by atoms with Crippen LogP contribution in [-0.4, -0.2) is 25.9 Å². The van der Waals surface area contributed by atoms with Crippen LogP contribution in [0, 0.1) is 0 Å². The summed E-state index contributed by atoms with van der Waals surface area (Å²) in [4.78, 5) is 26.9. The first-order chi connectivity index (χ1) is 10.8. The third-order valence-electron chi connectivity index (χ3n) is 3.57. The Morgan fingerprint density at radius 1 is 0.826 bits per heavy atom. The fourth-order valence-corrected chi connectivity index (χ4v) is 2.32. The van der Waals surface area contributed by atoms with Gasteiger partial charge in [-0.15, -0.1) is 0 Å². The minimum absolute atomic E-state index is 0.0574. The molecule has 120 valence electrons. The highest BCUT2D eigenvalue weighted by Crippen LogP contribution is 2.25. The van der Waals surface area contributed by atoms with E-state index in [1.807, 2.05) is 0 Å². The molecule has 0 aliphatic heterocycles. The molecule has 2 rings (SSSR count). The fraction of sp³-hybridized carbons (Fsp3) is 0.176. The van der Waals surface area contributed by atoms with Gasteiger partial charge in [-0.05, 0) is 42.5 Å². The van der Waals surface area contributed by atoms with E-state index in [2.05, 4.69) is 0 Å². The summed E-state index contributed by atoms with van der Waals surface area (Å²) in [5, 5.41) is 0.742. The Morgan fingerprint density at radius 2 is 1.35 bits per heavy atom. The number of hydrogen-bond acceptors (Lipinski definition) is 2. The molecule has 2 aromatic rings. The van der Waals surface area contributed by atoms with Gasteiger partial charge >= 0.3 is 0 Å². The summed E-state index contributed by atoms with van der Waals surface area (Å²) >= 11 is 11.8. The number of hydrogen-bond donors (Lipinski definition) is 0. The minimum Gasteiger partial charge on any atom is -0.316 e. The van der Waals surface area contributed by atoms with Gasteiger partial charge in [0.05, 0.1) is 10.0 Å². The first-order valence-corrected chi connectivity index (χ1v) is 7.64. The van der Waals surface area contributed by atoms with Crippen LogP contribution >= 0.6 is 23.2 Å². The van der Waals surface area contributed by atoms with Crippen molar-refractivity contribution in [1.29, 1.82) is 0 Å². The van der Waals surface area contributed by atoms with Crippen LogP contribution in [0.25, 0.3) is 0 Å². The summed E-state index contributed by atoms with van der Waals surface area (Å²) in [5.74, 6) is -0.255. The van der Waals surface area contributed by atoms with E-state index in [-0.39, 0.29) is 11.8 Å². The molecule has 23 heavy (non-hydrogen) atoms. The lowest BCUT2D eigenvalue weighted by Gasteiger charge is -2.20. The largest absolute Gasteiger partial charge is 0.316 e. The normalized spacial score (nSPS) is 10.3. The zero-order chi connectivity index (χ0) is 17.1. The van der Waals surface area contributed by atoms with Gasteiger partial charge in [0.25, 0.3) is 5.91 Å². The second-order valence-corrected chi connectivity index (χ2v) is 5.90. The number of amides is 2. The third kappa shape index (κ3) is 3.84. The van der Waals surface area contributed by atoms with Crippen LogP contribution in [0.4, 0.5) is 11.4 Å². The van der Waals surface area contributed by atoms with Gasteiger partial charge in [0.1, 0.15) is 0 Å². The summed E-state index contributed by atoms with van der Waals surface area (Å²) < 4.78 is 0. The van der Waals surface area contributed by atoms with Crippen LogP contribution in [0.2, 0.25) is 10.0 Å². The van der Waals surface area contributed by atoms with Crippen molar-refractivity contribution < 1.29 is 9.59 Å². The number of rotatable bonds is 3. The lowest BCUT2D eigenvalue weighted by atomic mass is 10.2. The van der Waals surface area contributed by atoms with Crippen molar-refractivity contribution in [3.05, 3.63) is 58.1 Å². The summed E-state index contributed by atoms with van der Waals surface area (Å²) in [6.07, 6.45) is 0. The Bertz CT molecular complexity index is 745. The number of halogens is 2. The minimum atomic E-state index is -0.198. The molecule has 0 heterocycles. The molecule has 0 atom stereocenters. The van der Waals surface area contributed by atoms with Gasteiger partial charge in [-0.25, -0.2) is 0 Å². The molecule has 0 aliphatic carbocycles. The molecular weight excluding hydrogens is 335 g/mol. The Hall–Kier alpha value is -2.04. The highest BCUT2D eigenvalue weighted by atomic mass is 35.5. The number of anilines is 2. The summed E-state index contributed by atoms with van der Waals surface area (Å²) in [6, 6.07) is 11.9. The topological polar surface area (TPSA) is 40.6 Å². The second kappa shape index (κ2) is 7.02.